The second-order valence-corrected chi connectivity index (χ2v) is 6.85. The van der Waals surface area contributed by atoms with Crippen LogP contribution in [0.3, 0.4) is 0 Å². The van der Waals surface area contributed by atoms with E-state index >= 15 is 0 Å². The first-order valence-corrected chi connectivity index (χ1v) is 9.77. The number of rotatable bonds is 8. The van der Waals surface area contributed by atoms with Gasteiger partial charge in [-0.2, -0.15) is 0 Å². The summed E-state index contributed by atoms with van der Waals surface area (Å²) in [6.45, 7) is 3.46. The number of carbonyl (C=O) groups is 1. The summed E-state index contributed by atoms with van der Waals surface area (Å²) >= 11 is 0. The normalized spacial score (nSPS) is 10.5. The molecule has 0 aliphatic heterocycles. The lowest BCUT2D eigenvalue weighted by atomic mass is 10.0. The molecule has 2 aromatic carbocycles. The Kier molecular flexibility index (Phi) is 6.79. The van der Waals surface area contributed by atoms with Crippen LogP contribution in [0.5, 0.6) is 0 Å². The van der Waals surface area contributed by atoms with Crippen LogP contribution in [0.25, 0.3) is 11.1 Å². The Hall–Kier alpha value is -3.14. The fourth-order valence-corrected chi connectivity index (χ4v) is 3.16. The fourth-order valence-electron chi connectivity index (χ4n) is 3.16. The van der Waals surface area contributed by atoms with Gasteiger partial charge in [0.15, 0.2) is 0 Å². The van der Waals surface area contributed by atoms with Gasteiger partial charge in [-0.25, -0.2) is 0 Å². The molecule has 0 fully saturated rings. The largest absolute Gasteiger partial charge is 0.388 e. The summed E-state index contributed by atoms with van der Waals surface area (Å²) in [4.78, 5) is 19.3. The van der Waals surface area contributed by atoms with Crippen LogP contribution in [0.1, 0.15) is 35.7 Å². The van der Waals surface area contributed by atoms with Gasteiger partial charge in [-0.05, 0) is 53.4 Å². The molecule has 0 atom stereocenters. The summed E-state index contributed by atoms with van der Waals surface area (Å²) in [7, 11) is 1.90. The third kappa shape index (κ3) is 4.97. The summed E-state index contributed by atoms with van der Waals surface area (Å²) in [5, 5.41) is 3.13. The number of benzene rings is 2. The van der Waals surface area contributed by atoms with E-state index < -0.39 is 0 Å². The van der Waals surface area contributed by atoms with E-state index in [2.05, 4.69) is 29.4 Å². The van der Waals surface area contributed by atoms with E-state index in [1.807, 2.05) is 66.7 Å². The molecular formula is C24H27N3O. The summed E-state index contributed by atoms with van der Waals surface area (Å²) in [5.41, 5.74) is 4.98. The quantitative estimate of drug-likeness (QED) is 0.588. The molecule has 144 valence electrons. The van der Waals surface area contributed by atoms with Crippen LogP contribution in [-0.2, 0) is 6.54 Å². The molecule has 1 aromatic heterocycles. The summed E-state index contributed by atoms with van der Waals surface area (Å²) < 4.78 is 0. The minimum Gasteiger partial charge on any atom is -0.388 e. The summed E-state index contributed by atoms with van der Waals surface area (Å²) in [5.74, 6) is 0.0611. The highest BCUT2D eigenvalue weighted by Gasteiger charge is 2.16. The van der Waals surface area contributed by atoms with Gasteiger partial charge in [-0.3, -0.25) is 9.78 Å². The van der Waals surface area contributed by atoms with Crippen LogP contribution in [-0.4, -0.2) is 29.4 Å². The Morgan fingerprint density at radius 1 is 1.04 bits per heavy atom. The van der Waals surface area contributed by atoms with E-state index in [1.54, 1.807) is 6.20 Å². The van der Waals surface area contributed by atoms with Gasteiger partial charge in [0.1, 0.15) is 0 Å². The Morgan fingerprint density at radius 2 is 1.86 bits per heavy atom. The Morgan fingerprint density at radius 3 is 2.54 bits per heavy atom. The molecular weight excluding hydrogens is 346 g/mol. The van der Waals surface area contributed by atoms with Gasteiger partial charge in [0.25, 0.3) is 5.91 Å². The molecule has 3 rings (SSSR count). The van der Waals surface area contributed by atoms with E-state index in [0.29, 0.717) is 6.54 Å². The molecule has 1 N–H and O–H groups in total. The smallest absolute Gasteiger partial charge is 0.254 e. The molecule has 28 heavy (non-hydrogen) atoms. The molecule has 0 saturated heterocycles. The van der Waals surface area contributed by atoms with Gasteiger partial charge in [0.05, 0.1) is 0 Å². The van der Waals surface area contributed by atoms with Crippen molar-refractivity contribution >= 4 is 11.6 Å². The maximum Gasteiger partial charge on any atom is 0.254 e. The van der Waals surface area contributed by atoms with Gasteiger partial charge < -0.3 is 10.2 Å². The standard InChI is InChI=1S/C24H27N3O/c1-3-4-15-27(18-19-7-6-14-26-17-19)24(28)22-9-5-8-21(16-22)20-10-12-23(25-2)13-11-20/h5-14,16-17,25H,3-4,15,18H2,1-2H3. The zero-order chi connectivity index (χ0) is 19.8. The van der Waals surface area contributed by atoms with Crippen LogP contribution in [0.15, 0.2) is 73.1 Å². The van der Waals surface area contributed by atoms with Crippen molar-refractivity contribution in [2.75, 3.05) is 18.9 Å². The van der Waals surface area contributed by atoms with Crippen LogP contribution < -0.4 is 5.32 Å². The van der Waals surface area contributed by atoms with Crippen LogP contribution in [0, 0.1) is 0 Å². The number of aromatic nitrogens is 1. The molecule has 1 heterocycles. The van der Waals surface area contributed by atoms with Crippen molar-refractivity contribution < 1.29 is 4.79 Å². The molecule has 4 heteroatoms. The van der Waals surface area contributed by atoms with E-state index in [0.717, 1.165) is 47.3 Å². The Balaban J connectivity index is 1.83. The van der Waals surface area contributed by atoms with Crippen LogP contribution >= 0.6 is 0 Å². The predicted molar refractivity (Wildman–Crippen MR) is 115 cm³/mol. The molecule has 1 amide bonds. The number of unbranched alkanes of at least 4 members (excludes halogenated alkanes) is 1. The van der Waals surface area contributed by atoms with Gasteiger partial charge >= 0.3 is 0 Å². The number of pyridine rings is 1. The second kappa shape index (κ2) is 9.70. The lowest BCUT2D eigenvalue weighted by Gasteiger charge is -2.23. The van der Waals surface area contributed by atoms with Gasteiger partial charge in [-0.15, -0.1) is 0 Å². The number of anilines is 1. The van der Waals surface area contributed by atoms with Gasteiger partial charge in [0, 0.05) is 43.8 Å². The third-order valence-electron chi connectivity index (χ3n) is 4.78. The van der Waals surface area contributed by atoms with Crippen molar-refractivity contribution in [1.29, 1.82) is 0 Å². The number of nitrogens with one attached hydrogen (secondary N) is 1. The van der Waals surface area contributed by atoms with E-state index in [1.165, 1.54) is 0 Å². The monoisotopic (exact) mass is 373 g/mol. The zero-order valence-corrected chi connectivity index (χ0v) is 16.6. The number of hydrogen-bond donors (Lipinski definition) is 1. The first-order chi connectivity index (χ1) is 13.7. The molecule has 0 unspecified atom stereocenters. The number of hydrogen-bond acceptors (Lipinski definition) is 3. The number of carbonyl (C=O) groups excluding carboxylic acids is 1. The molecule has 3 aromatic rings. The first-order valence-electron chi connectivity index (χ1n) is 9.77. The SMILES string of the molecule is CCCCN(Cc1cccnc1)C(=O)c1cccc(-c2ccc(NC)cc2)c1. The number of amides is 1. The van der Waals surface area contributed by atoms with Gasteiger partial charge in [-0.1, -0.05) is 43.7 Å². The third-order valence-corrected chi connectivity index (χ3v) is 4.78. The van der Waals surface area contributed by atoms with Gasteiger partial charge in [0.2, 0.25) is 0 Å². The minimum absolute atomic E-state index is 0.0611. The first kappa shape index (κ1) is 19.6. The van der Waals surface area contributed by atoms with E-state index in [9.17, 15) is 4.79 Å². The summed E-state index contributed by atoms with van der Waals surface area (Å²) in [6.07, 6.45) is 5.61. The minimum atomic E-state index is 0.0611. The van der Waals surface area contributed by atoms with Crippen LogP contribution in [0.2, 0.25) is 0 Å². The summed E-state index contributed by atoms with van der Waals surface area (Å²) in [6, 6.07) is 20.0. The average molecular weight is 374 g/mol. The average Bonchev–Trinajstić information content (AvgIpc) is 2.77. The van der Waals surface area contributed by atoms with E-state index in [-0.39, 0.29) is 5.91 Å². The molecule has 4 nitrogen and oxygen atoms in total. The molecule has 0 saturated carbocycles. The molecule has 0 bridgehead atoms. The van der Waals surface area contributed by atoms with Crippen molar-refractivity contribution in [3.8, 4) is 11.1 Å². The van der Waals surface area contributed by atoms with Crippen molar-refractivity contribution in [3.63, 3.8) is 0 Å². The second-order valence-electron chi connectivity index (χ2n) is 6.85. The lowest BCUT2D eigenvalue weighted by Crippen LogP contribution is -2.31. The number of nitrogens with zero attached hydrogens (tertiary/aromatic N) is 2. The maximum absolute atomic E-state index is 13.2. The highest BCUT2D eigenvalue weighted by atomic mass is 16.2. The molecule has 0 spiro atoms. The van der Waals surface area contributed by atoms with Crippen LogP contribution in [0.4, 0.5) is 5.69 Å². The highest BCUT2D eigenvalue weighted by molar-refractivity contribution is 5.95. The van der Waals surface area contributed by atoms with Crippen molar-refractivity contribution in [2.45, 2.75) is 26.3 Å². The van der Waals surface area contributed by atoms with E-state index in [4.69, 9.17) is 0 Å². The lowest BCUT2D eigenvalue weighted by molar-refractivity contribution is 0.0740. The Bertz CT molecular complexity index is 891. The van der Waals surface area contributed by atoms with Crippen molar-refractivity contribution in [1.82, 2.24) is 9.88 Å². The zero-order valence-electron chi connectivity index (χ0n) is 16.6. The maximum atomic E-state index is 13.2. The molecule has 0 aliphatic rings. The Labute approximate surface area is 167 Å². The van der Waals surface area contributed by atoms with Crippen molar-refractivity contribution in [2.24, 2.45) is 0 Å². The fraction of sp³-hybridized carbons (Fsp3) is 0.250. The topological polar surface area (TPSA) is 45.2 Å². The molecule has 0 radical (unpaired) electrons. The molecule has 0 aliphatic carbocycles. The van der Waals surface area contributed by atoms with Crippen molar-refractivity contribution in [3.05, 3.63) is 84.2 Å². The highest BCUT2D eigenvalue weighted by Crippen LogP contribution is 2.23. The predicted octanol–water partition coefficient (Wildman–Crippen LogP) is 5.23.